The van der Waals surface area contributed by atoms with Gasteiger partial charge in [-0.25, -0.2) is 13.5 Å². The molecule has 0 spiro atoms. The lowest BCUT2D eigenvalue weighted by molar-refractivity contribution is -0.158. The average molecular weight is 546 g/mol. The molecule has 8 heteroatoms. The second-order valence-corrected chi connectivity index (χ2v) is 11.9. The molecule has 2 unspecified atom stereocenters. The van der Waals surface area contributed by atoms with Gasteiger partial charge in [-0.05, 0) is 60.7 Å². The first-order valence-electron chi connectivity index (χ1n) is 13.2. The lowest BCUT2D eigenvalue weighted by atomic mass is 9.94. The number of hydrogen-bond acceptors (Lipinski definition) is 5. The third-order valence-corrected chi connectivity index (χ3v) is 9.13. The summed E-state index contributed by atoms with van der Waals surface area (Å²) in [6.07, 6.45) is 1.32. The van der Waals surface area contributed by atoms with Gasteiger partial charge in [-0.15, -0.1) is 0 Å². The van der Waals surface area contributed by atoms with E-state index in [1.54, 1.807) is 0 Å². The molecular formula is C31H35N3O4S. The molecule has 0 radical (unpaired) electrons. The standard InChI is InChI=1S/C31H35N3O4S/c1-26(29-10-6-3-7-11-29)12-17-31(34(36)25-35)24-39(37,38)33-22-20-32(21-23-33)30-18-15-28(16-19-30)14-13-27-8-4-2-5-9-27/h2-11,15-16,18-19,25-26,31,36H,12,17,20-24H2,1H3. The highest BCUT2D eigenvalue weighted by molar-refractivity contribution is 7.89. The molecule has 204 valence electrons. The van der Waals surface area contributed by atoms with Crippen LogP contribution in [0.5, 0.6) is 0 Å². The molecule has 0 bridgehead atoms. The fraction of sp³-hybridized carbons (Fsp3) is 0.323. The maximum absolute atomic E-state index is 13.2. The highest BCUT2D eigenvalue weighted by Crippen LogP contribution is 2.24. The van der Waals surface area contributed by atoms with Crippen LogP contribution in [-0.4, -0.2) is 67.4 Å². The fourth-order valence-corrected chi connectivity index (χ4v) is 6.50. The third kappa shape index (κ3) is 7.93. The van der Waals surface area contributed by atoms with Crippen LogP contribution in [0, 0.1) is 11.8 Å². The van der Waals surface area contributed by atoms with Crippen molar-refractivity contribution < 1.29 is 18.4 Å². The Morgan fingerprint density at radius 3 is 2.00 bits per heavy atom. The van der Waals surface area contributed by atoms with Crippen LogP contribution < -0.4 is 4.90 Å². The summed E-state index contributed by atoms with van der Waals surface area (Å²) in [7, 11) is -3.67. The van der Waals surface area contributed by atoms with Gasteiger partial charge in [0.15, 0.2) is 0 Å². The van der Waals surface area contributed by atoms with Crippen LogP contribution in [0.2, 0.25) is 0 Å². The number of hydrogen-bond donors (Lipinski definition) is 1. The van der Waals surface area contributed by atoms with Gasteiger partial charge in [0, 0.05) is 43.0 Å². The Balaban J connectivity index is 1.32. The summed E-state index contributed by atoms with van der Waals surface area (Å²) in [6.45, 7) is 3.86. The molecule has 1 amide bonds. The van der Waals surface area contributed by atoms with E-state index in [0.717, 1.165) is 22.4 Å². The number of piperazine rings is 1. The Hall–Kier alpha value is -3.64. The minimum atomic E-state index is -3.67. The van der Waals surface area contributed by atoms with Crippen molar-refractivity contribution in [2.24, 2.45) is 0 Å². The minimum Gasteiger partial charge on any atom is -0.369 e. The second kappa shape index (κ2) is 13.4. The number of hydroxylamine groups is 2. The molecule has 39 heavy (non-hydrogen) atoms. The number of rotatable bonds is 10. The normalized spacial score (nSPS) is 15.6. The van der Waals surface area contributed by atoms with E-state index in [1.165, 1.54) is 4.31 Å². The molecule has 0 aliphatic carbocycles. The Bertz CT molecular complexity index is 1360. The van der Waals surface area contributed by atoms with E-state index in [0.29, 0.717) is 50.5 Å². The number of nitrogens with zero attached hydrogens (tertiary/aromatic N) is 3. The van der Waals surface area contributed by atoms with E-state index in [4.69, 9.17) is 0 Å². The largest absolute Gasteiger partial charge is 0.369 e. The van der Waals surface area contributed by atoms with Crippen molar-refractivity contribution in [3.8, 4) is 11.8 Å². The Morgan fingerprint density at radius 1 is 0.846 bits per heavy atom. The molecule has 3 aromatic rings. The Labute approximate surface area is 231 Å². The minimum absolute atomic E-state index is 0.177. The summed E-state index contributed by atoms with van der Waals surface area (Å²) < 4.78 is 28.0. The summed E-state index contributed by atoms with van der Waals surface area (Å²) in [4.78, 5) is 13.5. The zero-order valence-corrected chi connectivity index (χ0v) is 23.0. The molecule has 0 aromatic heterocycles. The van der Waals surface area contributed by atoms with Crippen molar-refractivity contribution in [1.82, 2.24) is 9.37 Å². The summed E-state index contributed by atoms with van der Waals surface area (Å²) in [5.74, 6) is 6.19. The number of carbonyl (C=O) groups is 1. The summed E-state index contributed by atoms with van der Waals surface area (Å²) in [5, 5.41) is 10.7. The van der Waals surface area contributed by atoms with Gasteiger partial charge in [0.2, 0.25) is 16.4 Å². The van der Waals surface area contributed by atoms with E-state index < -0.39 is 16.1 Å². The highest BCUT2D eigenvalue weighted by Gasteiger charge is 2.31. The van der Waals surface area contributed by atoms with E-state index in [-0.39, 0.29) is 11.7 Å². The molecule has 1 aliphatic rings. The summed E-state index contributed by atoms with van der Waals surface area (Å²) in [5.41, 5.74) is 4.04. The van der Waals surface area contributed by atoms with Gasteiger partial charge in [-0.2, -0.15) is 4.31 Å². The van der Waals surface area contributed by atoms with Crippen LogP contribution >= 0.6 is 0 Å². The molecule has 0 saturated carbocycles. The number of anilines is 1. The van der Waals surface area contributed by atoms with Crippen molar-refractivity contribution in [2.45, 2.75) is 31.7 Å². The summed E-state index contributed by atoms with van der Waals surface area (Å²) >= 11 is 0. The Kier molecular flexibility index (Phi) is 9.77. The maximum atomic E-state index is 13.2. The van der Waals surface area contributed by atoms with E-state index in [9.17, 15) is 18.4 Å². The van der Waals surface area contributed by atoms with Crippen LogP contribution in [0.1, 0.15) is 42.4 Å². The van der Waals surface area contributed by atoms with Gasteiger partial charge in [0.25, 0.3) is 0 Å². The summed E-state index contributed by atoms with van der Waals surface area (Å²) in [6, 6.07) is 26.9. The molecule has 1 fully saturated rings. The molecule has 1 saturated heterocycles. The van der Waals surface area contributed by atoms with Crippen LogP contribution in [0.15, 0.2) is 84.9 Å². The molecular weight excluding hydrogens is 510 g/mol. The number of sulfonamides is 1. The lowest BCUT2D eigenvalue weighted by Crippen LogP contribution is -2.51. The quantitative estimate of drug-likeness (QED) is 0.177. The number of benzene rings is 3. The average Bonchev–Trinajstić information content (AvgIpc) is 2.99. The molecule has 3 aromatic carbocycles. The number of amides is 1. The monoisotopic (exact) mass is 545 g/mol. The predicted molar refractivity (Wildman–Crippen MR) is 154 cm³/mol. The van der Waals surface area contributed by atoms with Gasteiger partial charge < -0.3 is 4.90 Å². The Morgan fingerprint density at radius 2 is 1.41 bits per heavy atom. The SMILES string of the molecule is CC(CCC(CS(=O)(=O)N1CCN(c2ccc(C#Cc3ccccc3)cc2)CC1)N(O)C=O)c1ccccc1. The molecule has 1 aliphatic heterocycles. The molecule has 1 N–H and O–H groups in total. The third-order valence-electron chi connectivity index (χ3n) is 7.18. The van der Waals surface area contributed by atoms with Gasteiger partial charge in [-0.3, -0.25) is 10.0 Å². The van der Waals surface area contributed by atoms with Gasteiger partial charge >= 0.3 is 0 Å². The van der Waals surface area contributed by atoms with Crippen LogP contribution in [0.4, 0.5) is 5.69 Å². The van der Waals surface area contributed by atoms with Crippen LogP contribution in [-0.2, 0) is 14.8 Å². The first-order chi connectivity index (χ1) is 18.9. The van der Waals surface area contributed by atoms with Crippen molar-refractivity contribution in [1.29, 1.82) is 0 Å². The highest BCUT2D eigenvalue weighted by atomic mass is 32.2. The molecule has 1 heterocycles. The zero-order valence-electron chi connectivity index (χ0n) is 22.2. The van der Waals surface area contributed by atoms with E-state index in [2.05, 4.69) is 23.7 Å². The first kappa shape index (κ1) is 28.4. The first-order valence-corrected chi connectivity index (χ1v) is 14.8. The smallest absolute Gasteiger partial charge is 0.233 e. The van der Waals surface area contributed by atoms with Crippen LogP contribution in [0.3, 0.4) is 0 Å². The topological polar surface area (TPSA) is 81.2 Å². The second-order valence-electron chi connectivity index (χ2n) is 9.86. The van der Waals surface area contributed by atoms with Gasteiger partial charge in [-0.1, -0.05) is 67.3 Å². The van der Waals surface area contributed by atoms with E-state index >= 15 is 0 Å². The predicted octanol–water partition coefficient (Wildman–Crippen LogP) is 4.34. The lowest BCUT2D eigenvalue weighted by Gasteiger charge is -2.36. The molecule has 2 atom stereocenters. The van der Waals surface area contributed by atoms with Gasteiger partial charge in [0.05, 0.1) is 11.8 Å². The fourth-order valence-electron chi connectivity index (χ4n) is 4.76. The zero-order chi connectivity index (χ0) is 27.7. The van der Waals surface area contributed by atoms with Gasteiger partial charge in [0.1, 0.15) is 0 Å². The van der Waals surface area contributed by atoms with Crippen molar-refractivity contribution in [2.75, 3.05) is 36.8 Å². The van der Waals surface area contributed by atoms with Crippen LogP contribution in [0.25, 0.3) is 0 Å². The maximum Gasteiger partial charge on any atom is 0.233 e. The van der Waals surface area contributed by atoms with Crippen molar-refractivity contribution in [3.63, 3.8) is 0 Å². The molecule has 4 rings (SSSR count). The molecule has 7 nitrogen and oxygen atoms in total. The van der Waals surface area contributed by atoms with Crippen molar-refractivity contribution >= 4 is 22.1 Å². The van der Waals surface area contributed by atoms with Crippen molar-refractivity contribution in [3.05, 3.63) is 102 Å². The van der Waals surface area contributed by atoms with E-state index in [1.807, 2.05) is 84.9 Å². The number of carbonyl (C=O) groups excluding carboxylic acids is 1.